The second kappa shape index (κ2) is 10.3. The Bertz CT molecular complexity index is 658. The number of nitriles is 1. The molecule has 27 heavy (non-hydrogen) atoms. The molecule has 1 aromatic rings. The molecular formula is C22H32N2O3. The van der Waals surface area contributed by atoms with Crippen LogP contribution in [0.1, 0.15) is 77.7 Å². The number of amides is 1. The van der Waals surface area contributed by atoms with Gasteiger partial charge in [0.25, 0.3) is 5.91 Å². The summed E-state index contributed by atoms with van der Waals surface area (Å²) in [6.45, 7) is 6.65. The predicted octanol–water partition coefficient (Wildman–Crippen LogP) is 5.19. The minimum atomic E-state index is -0.787. The van der Waals surface area contributed by atoms with Crippen LogP contribution in [0, 0.1) is 11.3 Å². The average Bonchev–Trinajstić information content (AvgIpc) is 2.94. The van der Waals surface area contributed by atoms with Crippen molar-refractivity contribution in [1.82, 2.24) is 0 Å². The number of nitrogens with one attached hydrogen (secondary N) is 1. The Labute approximate surface area is 163 Å². The average molecular weight is 373 g/mol. The minimum Gasteiger partial charge on any atom is -0.491 e. The topological polar surface area (TPSA) is 71.3 Å². The van der Waals surface area contributed by atoms with E-state index in [0.29, 0.717) is 23.6 Å². The predicted molar refractivity (Wildman–Crippen MR) is 107 cm³/mol. The van der Waals surface area contributed by atoms with Gasteiger partial charge in [0, 0.05) is 12.7 Å². The van der Waals surface area contributed by atoms with E-state index in [2.05, 4.69) is 11.4 Å². The van der Waals surface area contributed by atoms with Crippen LogP contribution in [0.2, 0.25) is 0 Å². The number of carbonyl (C=O) groups excluding carboxylic acids is 1. The van der Waals surface area contributed by atoms with Crippen LogP contribution < -0.4 is 10.1 Å². The molecule has 5 heteroatoms. The van der Waals surface area contributed by atoms with Gasteiger partial charge in [-0.15, -0.1) is 0 Å². The summed E-state index contributed by atoms with van der Waals surface area (Å²) in [6.07, 6.45) is 7.55. The molecule has 1 N–H and O–H groups in total. The SMILES string of the molecule is CCCOC1(C(=O)Nc2ccc(OC(C)CC)cc2C#N)CCCCCC1. The number of benzene rings is 1. The monoisotopic (exact) mass is 372 g/mol. The number of hydrogen-bond donors (Lipinski definition) is 1. The fourth-order valence-corrected chi connectivity index (χ4v) is 3.38. The third-order valence-electron chi connectivity index (χ3n) is 5.18. The molecule has 1 saturated carbocycles. The Morgan fingerprint density at radius 3 is 2.56 bits per heavy atom. The minimum absolute atomic E-state index is 0.0775. The van der Waals surface area contributed by atoms with Gasteiger partial charge in [-0.1, -0.05) is 39.5 Å². The van der Waals surface area contributed by atoms with Crippen LogP contribution in [0.4, 0.5) is 5.69 Å². The Morgan fingerprint density at radius 2 is 1.96 bits per heavy atom. The van der Waals surface area contributed by atoms with Crippen molar-refractivity contribution in [2.24, 2.45) is 0 Å². The van der Waals surface area contributed by atoms with Crippen LogP contribution in [-0.4, -0.2) is 24.2 Å². The van der Waals surface area contributed by atoms with Crippen LogP contribution in [0.3, 0.4) is 0 Å². The van der Waals surface area contributed by atoms with Crippen molar-refractivity contribution in [3.05, 3.63) is 23.8 Å². The fraction of sp³-hybridized carbons (Fsp3) is 0.636. The largest absolute Gasteiger partial charge is 0.491 e. The molecule has 1 aliphatic carbocycles. The number of ether oxygens (including phenoxy) is 2. The summed E-state index contributed by atoms with van der Waals surface area (Å²) in [6, 6.07) is 7.41. The lowest BCUT2D eigenvalue weighted by Gasteiger charge is -2.31. The smallest absolute Gasteiger partial charge is 0.256 e. The van der Waals surface area contributed by atoms with E-state index in [4.69, 9.17) is 9.47 Å². The highest BCUT2D eigenvalue weighted by molar-refractivity contribution is 5.98. The van der Waals surface area contributed by atoms with Gasteiger partial charge in [0.05, 0.1) is 17.4 Å². The van der Waals surface area contributed by atoms with Gasteiger partial charge in [-0.05, 0) is 44.7 Å². The molecule has 0 radical (unpaired) electrons. The van der Waals surface area contributed by atoms with E-state index in [1.165, 1.54) is 0 Å². The summed E-state index contributed by atoms with van der Waals surface area (Å²) < 4.78 is 11.9. The molecule has 0 saturated heterocycles. The molecule has 1 amide bonds. The summed E-state index contributed by atoms with van der Waals surface area (Å²) in [5.74, 6) is 0.509. The number of anilines is 1. The van der Waals surface area contributed by atoms with Crippen molar-refractivity contribution < 1.29 is 14.3 Å². The lowest BCUT2D eigenvalue weighted by Crippen LogP contribution is -2.45. The van der Waals surface area contributed by atoms with Crippen molar-refractivity contribution in [3.8, 4) is 11.8 Å². The number of rotatable bonds is 8. The molecule has 1 unspecified atom stereocenters. The van der Waals surface area contributed by atoms with E-state index < -0.39 is 5.60 Å². The van der Waals surface area contributed by atoms with E-state index in [1.807, 2.05) is 20.8 Å². The van der Waals surface area contributed by atoms with E-state index in [9.17, 15) is 10.1 Å². The summed E-state index contributed by atoms with van der Waals surface area (Å²) in [4.78, 5) is 13.1. The van der Waals surface area contributed by atoms with Gasteiger partial charge in [0.15, 0.2) is 0 Å². The highest BCUT2D eigenvalue weighted by Crippen LogP contribution is 2.33. The van der Waals surface area contributed by atoms with Crippen LogP contribution in [0.25, 0.3) is 0 Å². The molecule has 1 fully saturated rings. The Kier molecular flexibility index (Phi) is 8.12. The quantitative estimate of drug-likeness (QED) is 0.637. The first-order valence-corrected chi connectivity index (χ1v) is 10.2. The maximum atomic E-state index is 13.1. The number of nitrogens with zero attached hydrogens (tertiary/aromatic N) is 1. The Balaban J connectivity index is 2.19. The molecule has 0 aliphatic heterocycles. The first-order valence-electron chi connectivity index (χ1n) is 10.2. The van der Waals surface area contributed by atoms with Crippen molar-refractivity contribution in [3.63, 3.8) is 0 Å². The van der Waals surface area contributed by atoms with Gasteiger partial charge in [-0.3, -0.25) is 4.79 Å². The number of hydrogen-bond acceptors (Lipinski definition) is 4. The van der Waals surface area contributed by atoms with Crippen LogP contribution in [0.15, 0.2) is 18.2 Å². The molecule has 1 atom stereocenters. The van der Waals surface area contributed by atoms with Gasteiger partial charge in [0.2, 0.25) is 0 Å². The third kappa shape index (κ3) is 5.71. The molecule has 0 bridgehead atoms. The summed E-state index contributed by atoms with van der Waals surface area (Å²) >= 11 is 0. The van der Waals surface area contributed by atoms with Crippen LogP contribution in [-0.2, 0) is 9.53 Å². The third-order valence-corrected chi connectivity index (χ3v) is 5.18. The maximum absolute atomic E-state index is 13.1. The van der Waals surface area contributed by atoms with E-state index in [0.717, 1.165) is 51.4 Å². The van der Waals surface area contributed by atoms with E-state index >= 15 is 0 Å². The van der Waals surface area contributed by atoms with E-state index in [-0.39, 0.29) is 12.0 Å². The maximum Gasteiger partial charge on any atom is 0.256 e. The molecular weight excluding hydrogens is 340 g/mol. The molecule has 2 rings (SSSR count). The zero-order valence-electron chi connectivity index (χ0n) is 16.8. The van der Waals surface area contributed by atoms with Gasteiger partial charge in [-0.25, -0.2) is 0 Å². The molecule has 0 heterocycles. The highest BCUT2D eigenvalue weighted by atomic mass is 16.5. The van der Waals surface area contributed by atoms with Gasteiger partial charge in [-0.2, -0.15) is 5.26 Å². The Hall–Kier alpha value is -2.06. The first-order chi connectivity index (χ1) is 13.0. The zero-order chi connectivity index (χ0) is 19.7. The fourth-order valence-electron chi connectivity index (χ4n) is 3.38. The second-order valence-corrected chi connectivity index (χ2v) is 7.37. The molecule has 0 spiro atoms. The van der Waals surface area contributed by atoms with Crippen molar-refractivity contribution >= 4 is 11.6 Å². The number of carbonyl (C=O) groups is 1. The van der Waals surface area contributed by atoms with Crippen molar-refractivity contribution in [1.29, 1.82) is 5.26 Å². The normalized spacial score (nSPS) is 17.4. The van der Waals surface area contributed by atoms with Gasteiger partial charge < -0.3 is 14.8 Å². The lowest BCUT2D eigenvalue weighted by atomic mass is 9.92. The van der Waals surface area contributed by atoms with Crippen LogP contribution in [0.5, 0.6) is 5.75 Å². The lowest BCUT2D eigenvalue weighted by molar-refractivity contribution is -0.143. The van der Waals surface area contributed by atoms with Gasteiger partial charge in [0.1, 0.15) is 17.4 Å². The molecule has 148 valence electrons. The summed E-state index contributed by atoms with van der Waals surface area (Å²) in [5, 5.41) is 12.5. The van der Waals surface area contributed by atoms with E-state index in [1.54, 1.807) is 18.2 Å². The first kappa shape index (κ1) is 21.2. The summed E-state index contributed by atoms with van der Waals surface area (Å²) in [7, 11) is 0. The van der Waals surface area contributed by atoms with Crippen LogP contribution >= 0.6 is 0 Å². The van der Waals surface area contributed by atoms with Crippen molar-refractivity contribution in [2.45, 2.75) is 83.8 Å². The Morgan fingerprint density at radius 1 is 1.26 bits per heavy atom. The highest BCUT2D eigenvalue weighted by Gasteiger charge is 2.39. The molecule has 1 aliphatic rings. The molecule has 0 aromatic heterocycles. The van der Waals surface area contributed by atoms with Crippen molar-refractivity contribution in [2.75, 3.05) is 11.9 Å². The summed E-state index contributed by atoms with van der Waals surface area (Å²) in [5.41, 5.74) is 0.136. The zero-order valence-corrected chi connectivity index (χ0v) is 16.8. The van der Waals surface area contributed by atoms with Gasteiger partial charge >= 0.3 is 0 Å². The standard InChI is InChI=1S/C22H32N2O3/c1-4-14-26-22(12-8-6-7-9-13-22)21(25)24-20-11-10-19(15-18(20)16-23)27-17(3)5-2/h10-11,15,17H,4-9,12-14H2,1-3H3,(H,24,25). The molecule has 5 nitrogen and oxygen atoms in total. The second-order valence-electron chi connectivity index (χ2n) is 7.37. The molecule has 1 aromatic carbocycles.